The Balaban J connectivity index is 2.29. The van der Waals surface area contributed by atoms with Crippen molar-refractivity contribution in [1.82, 2.24) is 10.2 Å². The maximum atomic E-state index is 11.2. The van der Waals surface area contributed by atoms with Crippen LogP contribution in [0.25, 0.3) is 0 Å². The third kappa shape index (κ3) is 4.60. The number of nitrogens with zero attached hydrogens (tertiary/aromatic N) is 1. The normalized spacial score (nSPS) is 19.3. The zero-order valence-corrected chi connectivity index (χ0v) is 8.77. The largest absolute Gasteiger partial charge is 0.478 e. The van der Waals surface area contributed by atoms with Crippen molar-refractivity contribution in [3.63, 3.8) is 0 Å². The molecular formula is C10H16N2O3. The number of carbonyl (C=O) groups is 2. The average molecular weight is 212 g/mol. The molecule has 0 aromatic rings. The van der Waals surface area contributed by atoms with Gasteiger partial charge in [-0.1, -0.05) is 0 Å². The molecule has 0 unspecified atom stereocenters. The van der Waals surface area contributed by atoms with Gasteiger partial charge in [-0.15, -0.1) is 0 Å². The van der Waals surface area contributed by atoms with Gasteiger partial charge in [0.05, 0.1) is 0 Å². The summed E-state index contributed by atoms with van der Waals surface area (Å²) in [6.07, 6.45) is 3.75. The van der Waals surface area contributed by atoms with Crippen LogP contribution in [0.2, 0.25) is 0 Å². The lowest BCUT2D eigenvalue weighted by Gasteiger charge is -2.29. The van der Waals surface area contributed by atoms with E-state index >= 15 is 0 Å². The molecule has 15 heavy (non-hydrogen) atoms. The minimum Gasteiger partial charge on any atom is -0.478 e. The third-order valence-electron chi connectivity index (χ3n) is 2.44. The quantitative estimate of drug-likeness (QED) is 0.638. The first kappa shape index (κ1) is 11.7. The Kier molecular flexibility index (Phi) is 4.30. The van der Waals surface area contributed by atoms with Crippen molar-refractivity contribution in [1.29, 1.82) is 0 Å². The lowest BCUT2D eigenvalue weighted by molar-refractivity contribution is -0.131. The summed E-state index contributed by atoms with van der Waals surface area (Å²) in [5.74, 6) is -1.43. The molecule has 0 spiro atoms. The lowest BCUT2D eigenvalue weighted by atomic mass is 10.1. The molecule has 1 amide bonds. The van der Waals surface area contributed by atoms with Gasteiger partial charge in [0.1, 0.15) is 0 Å². The van der Waals surface area contributed by atoms with E-state index in [1.54, 1.807) is 0 Å². The van der Waals surface area contributed by atoms with Gasteiger partial charge in [-0.3, -0.25) is 4.79 Å². The molecule has 0 bridgehead atoms. The van der Waals surface area contributed by atoms with E-state index < -0.39 is 5.97 Å². The van der Waals surface area contributed by atoms with Gasteiger partial charge in [-0.25, -0.2) is 4.79 Å². The minimum absolute atomic E-state index is 0.173. The maximum absolute atomic E-state index is 11.2. The Labute approximate surface area is 88.8 Å². The molecule has 1 saturated heterocycles. The highest BCUT2D eigenvalue weighted by Crippen LogP contribution is 2.07. The van der Waals surface area contributed by atoms with Crippen molar-refractivity contribution in [2.75, 3.05) is 20.1 Å². The molecule has 1 heterocycles. The Morgan fingerprint density at radius 3 is 2.47 bits per heavy atom. The molecule has 1 aliphatic heterocycles. The van der Waals surface area contributed by atoms with Crippen molar-refractivity contribution in [3.8, 4) is 0 Å². The van der Waals surface area contributed by atoms with E-state index in [9.17, 15) is 9.59 Å². The first-order valence-corrected chi connectivity index (χ1v) is 4.98. The first-order valence-electron chi connectivity index (χ1n) is 4.98. The molecule has 0 saturated carbocycles. The second-order valence-corrected chi connectivity index (χ2v) is 3.76. The fraction of sp³-hybridized carbons (Fsp3) is 0.600. The third-order valence-corrected chi connectivity index (χ3v) is 2.44. The molecule has 1 aliphatic rings. The number of likely N-dealkylation sites (tertiary alicyclic amines) is 1. The van der Waals surface area contributed by atoms with Crippen LogP contribution in [0.4, 0.5) is 0 Å². The number of nitrogens with one attached hydrogen (secondary N) is 1. The predicted molar refractivity (Wildman–Crippen MR) is 55.4 cm³/mol. The molecule has 1 fully saturated rings. The summed E-state index contributed by atoms with van der Waals surface area (Å²) in [5.41, 5.74) is 0. The van der Waals surface area contributed by atoms with E-state index in [4.69, 9.17) is 5.11 Å². The number of hydrogen-bond donors (Lipinski definition) is 2. The summed E-state index contributed by atoms with van der Waals surface area (Å²) >= 11 is 0. The van der Waals surface area contributed by atoms with Crippen LogP contribution in [0.5, 0.6) is 0 Å². The highest BCUT2D eigenvalue weighted by molar-refractivity contribution is 5.93. The van der Waals surface area contributed by atoms with Crippen molar-refractivity contribution < 1.29 is 14.7 Å². The SMILES string of the molecule is CN1CCC(NC(=O)/C=C/C(=O)O)CC1. The molecule has 2 N–H and O–H groups in total. The Morgan fingerprint density at radius 1 is 1.33 bits per heavy atom. The Bertz CT molecular complexity index is 268. The molecule has 0 aliphatic carbocycles. The van der Waals surface area contributed by atoms with Gasteiger partial charge in [0.15, 0.2) is 0 Å². The van der Waals surface area contributed by atoms with Gasteiger partial charge >= 0.3 is 5.97 Å². The van der Waals surface area contributed by atoms with Gasteiger partial charge in [0.25, 0.3) is 0 Å². The average Bonchev–Trinajstić information content (AvgIpc) is 2.19. The van der Waals surface area contributed by atoms with E-state index in [-0.39, 0.29) is 11.9 Å². The molecular weight excluding hydrogens is 196 g/mol. The van der Waals surface area contributed by atoms with Gasteiger partial charge in [0, 0.05) is 18.2 Å². The number of carbonyl (C=O) groups excluding carboxylic acids is 1. The monoisotopic (exact) mass is 212 g/mol. The highest BCUT2D eigenvalue weighted by atomic mass is 16.4. The first-order chi connectivity index (χ1) is 7.08. The summed E-state index contributed by atoms with van der Waals surface area (Å²) in [7, 11) is 2.04. The maximum Gasteiger partial charge on any atom is 0.328 e. The molecule has 84 valence electrons. The van der Waals surface area contributed by atoms with Gasteiger partial charge in [-0.2, -0.15) is 0 Å². The standard InChI is InChI=1S/C10H16N2O3/c1-12-6-4-8(5-7-12)11-9(13)2-3-10(14)15/h2-3,8H,4-7H2,1H3,(H,11,13)(H,14,15)/b3-2+. The van der Waals surface area contributed by atoms with Gasteiger partial charge in [0.2, 0.25) is 5.91 Å². The molecule has 1 rings (SSSR count). The summed E-state index contributed by atoms with van der Waals surface area (Å²) < 4.78 is 0. The lowest BCUT2D eigenvalue weighted by Crippen LogP contribution is -2.42. The molecule has 0 aromatic heterocycles. The topological polar surface area (TPSA) is 69.6 Å². The Morgan fingerprint density at radius 2 is 1.93 bits per heavy atom. The number of amides is 1. The molecule has 0 atom stereocenters. The van der Waals surface area contributed by atoms with Crippen LogP contribution in [0.15, 0.2) is 12.2 Å². The predicted octanol–water partition coefficient (Wildman–Crippen LogP) is -0.162. The summed E-state index contributed by atoms with van der Waals surface area (Å²) in [6.45, 7) is 1.93. The smallest absolute Gasteiger partial charge is 0.328 e. The van der Waals surface area contributed by atoms with Crippen LogP contribution in [0.1, 0.15) is 12.8 Å². The summed E-state index contributed by atoms with van der Waals surface area (Å²) in [5, 5.41) is 11.1. The fourth-order valence-electron chi connectivity index (χ4n) is 1.55. The van der Waals surface area contributed by atoms with Crippen molar-refractivity contribution in [2.45, 2.75) is 18.9 Å². The zero-order chi connectivity index (χ0) is 11.3. The van der Waals surface area contributed by atoms with E-state index in [2.05, 4.69) is 10.2 Å². The molecule has 0 aromatic carbocycles. The van der Waals surface area contributed by atoms with Gasteiger partial charge in [-0.05, 0) is 33.0 Å². The minimum atomic E-state index is -1.10. The van der Waals surface area contributed by atoms with Crippen LogP contribution in [0, 0.1) is 0 Å². The van der Waals surface area contributed by atoms with Crippen molar-refractivity contribution in [3.05, 3.63) is 12.2 Å². The molecule has 5 heteroatoms. The fourth-order valence-corrected chi connectivity index (χ4v) is 1.55. The second-order valence-electron chi connectivity index (χ2n) is 3.76. The number of rotatable bonds is 3. The van der Waals surface area contributed by atoms with Crippen molar-refractivity contribution >= 4 is 11.9 Å². The van der Waals surface area contributed by atoms with E-state index in [1.165, 1.54) is 0 Å². The van der Waals surface area contributed by atoms with Crippen LogP contribution in [-0.2, 0) is 9.59 Å². The van der Waals surface area contributed by atoms with E-state index in [0.29, 0.717) is 0 Å². The summed E-state index contributed by atoms with van der Waals surface area (Å²) in [4.78, 5) is 23.6. The van der Waals surface area contributed by atoms with E-state index in [1.807, 2.05) is 7.05 Å². The number of piperidine rings is 1. The Hall–Kier alpha value is -1.36. The number of aliphatic carboxylic acids is 1. The highest BCUT2D eigenvalue weighted by Gasteiger charge is 2.17. The van der Waals surface area contributed by atoms with Crippen LogP contribution >= 0.6 is 0 Å². The molecule has 0 radical (unpaired) electrons. The molecule has 5 nitrogen and oxygen atoms in total. The van der Waals surface area contributed by atoms with Crippen molar-refractivity contribution in [2.24, 2.45) is 0 Å². The van der Waals surface area contributed by atoms with Crippen LogP contribution in [0.3, 0.4) is 0 Å². The van der Waals surface area contributed by atoms with Crippen LogP contribution in [-0.4, -0.2) is 48.1 Å². The number of carboxylic acid groups (broad SMARTS) is 1. The number of carboxylic acids is 1. The summed E-state index contributed by atoms with van der Waals surface area (Å²) in [6, 6.07) is 0.173. The van der Waals surface area contributed by atoms with E-state index in [0.717, 1.165) is 38.1 Å². The van der Waals surface area contributed by atoms with Gasteiger partial charge < -0.3 is 15.3 Å². The number of hydrogen-bond acceptors (Lipinski definition) is 3. The van der Waals surface area contributed by atoms with Crippen LogP contribution < -0.4 is 5.32 Å². The zero-order valence-electron chi connectivity index (χ0n) is 8.77. The second kappa shape index (κ2) is 5.50.